The van der Waals surface area contributed by atoms with Crippen LogP contribution < -0.4 is 4.74 Å². The molecule has 0 radical (unpaired) electrons. The molecule has 0 atom stereocenters. The molecule has 1 saturated heterocycles. The van der Waals surface area contributed by atoms with E-state index >= 15 is 0 Å². The molecular weight excluding hydrogens is 364 g/mol. The fraction of sp³-hybridized carbons (Fsp3) is 0.133. The van der Waals surface area contributed by atoms with Crippen molar-refractivity contribution in [2.75, 3.05) is 13.7 Å². The zero-order chi connectivity index (χ0) is 18.0. The smallest absolute Gasteiger partial charge is 0.323 e. The molecule has 0 saturated carbocycles. The number of nitrogens with zero attached hydrogens (tertiary/aromatic N) is 4. The van der Waals surface area contributed by atoms with Crippen molar-refractivity contribution in [3.63, 3.8) is 0 Å². The number of carbonyl (C=O) groups is 2. The third-order valence-electron chi connectivity index (χ3n) is 3.29. The van der Waals surface area contributed by atoms with Crippen molar-refractivity contribution in [3.05, 3.63) is 41.1 Å². The summed E-state index contributed by atoms with van der Waals surface area (Å²) < 4.78 is 6.87. The minimum Gasteiger partial charge on any atom is -0.497 e. The van der Waals surface area contributed by atoms with Gasteiger partial charge >= 0.3 is 5.97 Å². The lowest BCUT2D eigenvalue weighted by atomic mass is 10.3. The summed E-state index contributed by atoms with van der Waals surface area (Å²) in [7, 11) is 1.59. The van der Waals surface area contributed by atoms with Crippen molar-refractivity contribution in [2.45, 2.75) is 0 Å². The Kier molecular flexibility index (Phi) is 4.81. The summed E-state index contributed by atoms with van der Waals surface area (Å²) in [6, 6.07) is 7.24. The molecule has 1 aliphatic heterocycles. The van der Waals surface area contributed by atoms with Gasteiger partial charge in [0.05, 0.1) is 23.9 Å². The summed E-state index contributed by atoms with van der Waals surface area (Å²) in [6.07, 6.45) is 3.19. The van der Waals surface area contributed by atoms with Crippen molar-refractivity contribution < 1.29 is 19.4 Å². The highest BCUT2D eigenvalue weighted by Gasteiger charge is 2.33. The number of thioether (sulfide) groups is 1. The Morgan fingerprint density at radius 3 is 2.76 bits per heavy atom. The molecule has 1 aliphatic rings. The number of rotatable bonds is 5. The van der Waals surface area contributed by atoms with Crippen LogP contribution in [0.2, 0.25) is 0 Å². The van der Waals surface area contributed by atoms with Crippen LogP contribution in [0.4, 0.5) is 0 Å². The fourth-order valence-electron chi connectivity index (χ4n) is 2.11. The molecule has 0 unspecified atom stereocenters. The van der Waals surface area contributed by atoms with Crippen LogP contribution in [0.3, 0.4) is 0 Å². The van der Waals surface area contributed by atoms with Crippen molar-refractivity contribution in [2.24, 2.45) is 0 Å². The van der Waals surface area contributed by atoms with Gasteiger partial charge in [-0.15, -0.1) is 5.10 Å². The summed E-state index contributed by atoms with van der Waals surface area (Å²) in [6.45, 7) is -0.458. The number of methoxy groups -OCH3 is 1. The SMILES string of the molecule is COc1ccc(-n2cc(/C=C3\SC(=S)N(CC(=O)O)C3=O)nn2)cc1. The summed E-state index contributed by atoms with van der Waals surface area (Å²) in [5.41, 5.74) is 1.25. The van der Waals surface area contributed by atoms with Crippen LogP contribution in [0.5, 0.6) is 5.75 Å². The Morgan fingerprint density at radius 1 is 1.40 bits per heavy atom. The highest BCUT2D eigenvalue weighted by Crippen LogP contribution is 2.32. The first-order chi connectivity index (χ1) is 12.0. The third-order valence-corrected chi connectivity index (χ3v) is 4.67. The van der Waals surface area contributed by atoms with Crippen LogP contribution in [-0.2, 0) is 9.59 Å². The molecule has 0 bridgehead atoms. The minimum absolute atomic E-state index is 0.209. The standard InChI is InChI=1S/C15H12N4O4S2/c1-23-11-4-2-10(3-5-11)19-7-9(16-17-19)6-12-14(22)18(8-13(20)21)15(24)25-12/h2-7H,8H2,1H3,(H,20,21)/b12-6-. The Bertz CT molecular complexity index is 876. The predicted octanol–water partition coefficient (Wildman–Crippen LogP) is 1.56. The average molecular weight is 376 g/mol. The molecule has 10 heteroatoms. The second-order valence-electron chi connectivity index (χ2n) is 4.95. The fourth-order valence-corrected chi connectivity index (χ4v) is 3.35. The summed E-state index contributed by atoms with van der Waals surface area (Å²) in [4.78, 5) is 24.4. The molecule has 1 N–H and O–H groups in total. The number of ether oxygens (including phenoxy) is 1. The summed E-state index contributed by atoms with van der Waals surface area (Å²) in [5.74, 6) is -0.842. The molecule has 8 nitrogen and oxygen atoms in total. The van der Waals surface area contributed by atoms with Gasteiger partial charge in [-0.25, -0.2) is 4.68 Å². The van der Waals surface area contributed by atoms with Gasteiger partial charge in [-0.3, -0.25) is 14.5 Å². The van der Waals surface area contributed by atoms with Gasteiger partial charge in [0.2, 0.25) is 0 Å². The van der Waals surface area contributed by atoms with Crippen LogP contribution in [0.1, 0.15) is 5.69 Å². The van der Waals surface area contributed by atoms with Crippen molar-refractivity contribution >= 4 is 46.3 Å². The van der Waals surface area contributed by atoms with Gasteiger partial charge in [0.25, 0.3) is 5.91 Å². The maximum absolute atomic E-state index is 12.2. The Balaban J connectivity index is 1.80. The number of aliphatic carboxylic acids is 1. The molecule has 25 heavy (non-hydrogen) atoms. The molecule has 128 valence electrons. The lowest BCUT2D eigenvalue weighted by Gasteiger charge is -2.09. The number of aromatic nitrogens is 3. The van der Waals surface area contributed by atoms with Gasteiger partial charge in [0.1, 0.15) is 22.3 Å². The molecule has 1 amide bonds. The van der Waals surface area contributed by atoms with Crippen LogP contribution in [0.25, 0.3) is 11.8 Å². The number of carbonyl (C=O) groups excluding carboxylic acids is 1. The molecule has 0 spiro atoms. The van der Waals surface area contributed by atoms with E-state index in [0.717, 1.165) is 28.1 Å². The molecule has 1 aromatic carbocycles. The van der Waals surface area contributed by atoms with Gasteiger partial charge < -0.3 is 9.84 Å². The van der Waals surface area contributed by atoms with Gasteiger partial charge in [-0.2, -0.15) is 0 Å². The molecule has 2 heterocycles. The number of carboxylic acids is 1. The van der Waals surface area contributed by atoms with E-state index in [4.69, 9.17) is 22.1 Å². The maximum Gasteiger partial charge on any atom is 0.323 e. The zero-order valence-corrected chi connectivity index (χ0v) is 14.6. The molecule has 1 fully saturated rings. The van der Waals surface area contributed by atoms with Crippen LogP contribution in [0.15, 0.2) is 35.4 Å². The first-order valence-corrected chi connectivity index (χ1v) is 8.24. The zero-order valence-electron chi connectivity index (χ0n) is 12.9. The maximum atomic E-state index is 12.2. The van der Waals surface area contributed by atoms with Crippen molar-refractivity contribution in [3.8, 4) is 11.4 Å². The Morgan fingerprint density at radius 2 is 2.12 bits per heavy atom. The number of carboxylic acid groups (broad SMARTS) is 1. The predicted molar refractivity (Wildman–Crippen MR) is 95.4 cm³/mol. The highest BCUT2D eigenvalue weighted by atomic mass is 32.2. The summed E-state index contributed by atoms with van der Waals surface area (Å²) >= 11 is 6.09. The first-order valence-electron chi connectivity index (χ1n) is 7.02. The molecule has 2 aromatic rings. The quantitative estimate of drug-likeness (QED) is 0.620. The Labute approximate surface area is 152 Å². The average Bonchev–Trinajstić information content (AvgIpc) is 3.15. The molecule has 0 aliphatic carbocycles. The van der Waals surface area contributed by atoms with Crippen LogP contribution >= 0.6 is 24.0 Å². The van der Waals surface area contributed by atoms with E-state index in [9.17, 15) is 9.59 Å². The Hall–Kier alpha value is -2.72. The number of hydrogen-bond acceptors (Lipinski definition) is 7. The lowest BCUT2D eigenvalue weighted by molar-refractivity contribution is -0.140. The highest BCUT2D eigenvalue weighted by molar-refractivity contribution is 8.26. The molecular formula is C15H12N4O4S2. The molecule has 3 rings (SSSR count). The van der Waals surface area contributed by atoms with E-state index in [0.29, 0.717) is 10.6 Å². The van der Waals surface area contributed by atoms with E-state index in [-0.39, 0.29) is 4.32 Å². The first kappa shape index (κ1) is 17.1. The van der Waals surface area contributed by atoms with E-state index < -0.39 is 18.4 Å². The number of amides is 1. The third kappa shape index (κ3) is 3.69. The van der Waals surface area contributed by atoms with Crippen LogP contribution in [0, 0.1) is 0 Å². The van der Waals surface area contributed by atoms with E-state index in [2.05, 4.69) is 10.3 Å². The van der Waals surface area contributed by atoms with E-state index in [1.807, 2.05) is 12.1 Å². The summed E-state index contributed by atoms with van der Waals surface area (Å²) in [5, 5.41) is 16.9. The van der Waals surface area contributed by atoms with Crippen molar-refractivity contribution in [1.82, 2.24) is 19.9 Å². The van der Waals surface area contributed by atoms with E-state index in [1.165, 1.54) is 6.08 Å². The van der Waals surface area contributed by atoms with Gasteiger partial charge in [0.15, 0.2) is 0 Å². The minimum atomic E-state index is -1.12. The number of benzene rings is 1. The van der Waals surface area contributed by atoms with Crippen molar-refractivity contribution in [1.29, 1.82) is 0 Å². The number of thiocarbonyl (C=S) groups is 1. The second kappa shape index (κ2) is 7.03. The van der Waals surface area contributed by atoms with E-state index in [1.54, 1.807) is 30.1 Å². The largest absolute Gasteiger partial charge is 0.497 e. The topological polar surface area (TPSA) is 97.6 Å². The lowest BCUT2D eigenvalue weighted by Crippen LogP contribution is -2.33. The van der Waals surface area contributed by atoms with Gasteiger partial charge in [-0.1, -0.05) is 29.2 Å². The number of hydrogen-bond donors (Lipinski definition) is 1. The van der Waals surface area contributed by atoms with Gasteiger partial charge in [-0.05, 0) is 30.3 Å². The molecule has 1 aromatic heterocycles. The second-order valence-corrected chi connectivity index (χ2v) is 6.62. The van der Waals surface area contributed by atoms with Gasteiger partial charge in [0, 0.05) is 0 Å². The van der Waals surface area contributed by atoms with Crippen LogP contribution in [-0.4, -0.2) is 54.9 Å². The monoisotopic (exact) mass is 376 g/mol. The normalized spacial score (nSPS) is 15.9.